The lowest BCUT2D eigenvalue weighted by Gasteiger charge is -2.32. The van der Waals surface area contributed by atoms with Crippen LogP contribution in [-0.2, 0) is 4.79 Å². The minimum atomic E-state index is -4.38. The van der Waals surface area contributed by atoms with Crippen molar-refractivity contribution in [1.82, 2.24) is 0 Å². The highest BCUT2D eigenvalue weighted by Gasteiger charge is 2.48. The monoisotopic (exact) mass is 329 g/mol. The van der Waals surface area contributed by atoms with E-state index in [0.29, 0.717) is 24.1 Å². The van der Waals surface area contributed by atoms with E-state index in [9.17, 15) is 22.8 Å². The Morgan fingerprint density at radius 1 is 1.22 bits per heavy atom. The van der Waals surface area contributed by atoms with Crippen LogP contribution in [0, 0.1) is 18.8 Å². The standard InChI is InChI=1S/C16H18F3NO3/c1-9-8-10(6-7-11(9)15(22)23)20-14(21)12-4-2-3-5-13(12)16(17,18)19/h6-8,12-13H,2-5H2,1H3,(H,20,21)(H,22,23). The Balaban J connectivity index is 2.14. The molecule has 1 aliphatic rings. The summed E-state index contributed by atoms with van der Waals surface area (Å²) in [5.74, 6) is -4.46. The highest BCUT2D eigenvalue weighted by atomic mass is 19.4. The van der Waals surface area contributed by atoms with E-state index in [2.05, 4.69) is 5.32 Å². The second-order valence-corrected chi connectivity index (χ2v) is 5.86. The molecule has 1 aromatic carbocycles. The van der Waals surface area contributed by atoms with Crippen LogP contribution >= 0.6 is 0 Å². The summed E-state index contributed by atoms with van der Waals surface area (Å²) in [5, 5.41) is 11.4. The van der Waals surface area contributed by atoms with Crippen molar-refractivity contribution < 1.29 is 27.9 Å². The van der Waals surface area contributed by atoms with E-state index < -0.39 is 29.9 Å². The number of carbonyl (C=O) groups is 2. The highest BCUT2D eigenvalue weighted by Crippen LogP contribution is 2.41. The number of carboxylic acid groups (broad SMARTS) is 1. The largest absolute Gasteiger partial charge is 0.478 e. The van der Waals surface area contributed by atoms with Crippen molar-refractivity contribution in [2.45, 2.75) is 38.8 Å². The molecule has 0 radical (unpaired) electrons. The van der Waals surface area contributed by atoms with Gasteiger partial charge < -0.3 is 10.4 Å². The van der Waals surface area contributed by atoms with E-state index in [1.54, 1.807) is 6.92 Å². The number of aromatic carboxylic acids is 1. The van der Waals surface area contributed by atoms with Crippen molar-refractivity contribution in [3.05, 3.63) is 29.3 Å². The van der Waals surface area contributed by atoms with Gasteiger partial charge >= 0.3 is 12.1 Å². The fourth-order valence-corrected chi connectivity index (χ4v) is 3.05. The van der Waals surface area contributed by atoms with E-state index in [-0.39, 0.29) is 18.4 Å². The predicted molar refractivity (Wildman–Crippen MR) is 78.3 cm³/mol. The summed E-state index contributed by atoms with van der Waals surface area (Å²) in [6.07, 6.45) is -3.13. The molecular weight excluding hydrogens is 311 g/mol. The molecule has 2 atom stereocenters. The average molecular weight is 329 g/mol. The Hall–Kier alpha value is -2.05. The third-order valence-corrected chi connectivity index (χ3v) is 4.25. The van der Waals surface area contributed by atoms with Crippen molar-refractivity contribution in [3.63, 3.8) is 0 Å². The Bertz CT molecular complexity index is 613. The highest BCUT2D eigenvalue weighted by molar-refractivity contribution is 5.94. The third kappa shape index (κ3) is 4.03. The zero-order chi connectivity index (χ0) is 17.2. The number of alkyl halides is 3. The van der Waals surface area contributed by atoms with Crippen LogP contribution in [0.15, 0.2) is 18.2 Å². The number of nitrogens with one attached hydrogen (secondary N) is 1. The molecule has 1 amide bonds. The second kappa shape index (κ2) is 6.60. The third-order valence-electron chi connectivity index (χ3n) is 4.25. The first kappa shape index (κ1) is 17.3. The lowest BCUT2D eigenvalue weighted by molar-refractivity contribution is -0.197. The molecule has 2 rings (SSSR count). The molecule has 0 aromatic heterocycles. The lowest BCUT2D eigenvalue weighted by Crippen LogP contribution is -2.39. The number of rotatable bonds is 3. The van der Waals surface area contributed by atoms with Crippen molar-refractivity contribution in [3.8, 4) is 0 Å². The number of hydrogen-bond acceptors (Lipinski definition) is 2. The van der Waals surface area contributed by atoms with Gasteiger partial charge in [-0.3, -0.25) is 4.79 Å². The number of aryl methyl sites for hydroxylation is 1. The van der Waals surface area contributed by atoms with E-state index in [0.717, 1.165) is 0 Å². The average Bonchev–Trinajstić information content (AvgIpc) is 2.46. The van der Waals surface area contributed by atoms with Gasteiger partial charge in [-0.15, -0.1) is 0 Å². The van der Waals surface area contributed by atoms with Crippen LogP contribution < -0.4 is 5.32 Å². The fraction of sp³-hybridized carbons (Fsp3) is 0.500. The van der Waals surface area contributed by atoms with Crippen molar-refractivity contribution >= 4 is 17.6 Å². The Labute approximate surface area is 131 Å². The number of anilines is 1. The first-order valence-corrected chi connectivity index (χ1v) is 7.41. The number of halogens is 3. The van der Waals surface area contributed by atoms with Crippen molar-refractivity contribution in [2.24, 2.45) is 11.8 Å². The zero-order valence-corrected chi connectivity index (χ0v) is 12.6. The van der Waals surface area contributed by atoms with Gasteiger partial charge in [-0.2, -0.15) is 13.2 Å². The van der Waals surface area contributed by atoms with Gasteiger partial charge in [-0.05, 0) is 43.5 Å². The SMILES string of the molecule is Cc1cc(NC(=O)C2CCCCC2C(F)(F)F)ccc1C(=O)O. The maximum Gasteiger partial charge on any atom is 0.392 e. The van der Waals surface area contributed by atoms with Gasteiger partial charge in [0.25, 0.3) is 0 Å². The summed E-state index contributed by atoms with van der Waals surface area (Å²) < 4.78 is 39.2. The molecule has 1 saturated carbocycles. The van der Waals surface area contributed by atoms with Gasteiger partial charge in [0, 0.05) is 11.6 Å². The van der Waals surface area contributed by atoms with Crippen LogP contribution in [0.5, 0.6) is 0 Å². The van der Waals surface area contributed by atoms with E-state index in [1.165, 1.54) is 18.2 Å². The van der Waals surface area contributed by atoms with Crippen LogP contribution in [-0.4, -0.2) is 23.2 Å². The summed E-state index contributed by atoms with van der Waals surface area (Å²) in [7, 11) is 0. The molecule has 0 spiro atoms. The second-order valence-electron chi connectivity index (χ2n) is 5.86. The van der Waals surface area contributed by atoms with Gasteiger partial charge in [0.05, 0.1) is 11.5 Å². The van der Waals surface area contributed by atoms with Crippen LogP contribution in [0.1, 0.15) is 41.6 Å². The van der Waals surface area contributed by atoms with Crippen LogP contribution in [0.2, 0.25) is 0 Å². The van der Waals surface area contributed by atoms with Gasteiger partial charge in [0.2, 0.25) is 5.91 Å². The lowest BCUT2D eigenvalue weighted by atomic mass is 9.78. The summed E-state index contributed by atoms with van der Waals surface area (Å²) in [4.78, 5) is 23.2. The van der Waals surface area contributed by atoms with Crippen molar-refractivity contribution in [1.29, 1.82) is 0 Å². The molecule has 4 nitrogen and oxygen atoms in total. The molecule has 0 bridgehead atoms. The molecule has 1 aliphatic carbocycles. The molecule has 2 N–H and O–H groups in total. The van der Waals surface area contributed by atoms with Gasteiger partial charge in [0.1, 0.15) is 0 Å². The Morgan fingerprint density at radius 3 is 2.43 bits per heavy atom. The minimum absolute atomic E-state index is 0.0292. The summed E-state index contributed by atoms with van der Waals surface area (Å²) >= 11 is 0. The molecule has 2 unspecified atom stereocenters. The Kier molecular flexibility index (Phi) is 4.97. The molecule has 126 valence electrons. The fourth-order valence-electron chi connectivity index (χ4n) is 3.05. The Morgan fingerprint density at radius 2 is 1.87 bits per heavy atom. The summed E-state index contributed by atoms with van der Waals surface area (Å²) in [6, 6.07) is 4.17. The van der Waals surface area contributed by atoms with E-state index >= 15 is 0 Å². The number of benzene rings is 1. The minimum Gasteiger partial charge on any atom is -0.478 e. The van der Waals surface area contributed by atoms with E-state index in [1.807, 2.05) is 0 Å². The molecule has 23 heavy (non-hydrogen) atoms. The molecule has 0 saturated heterocycles. The van der Waals surface area contributed by atoms with Gasteiger partial charge in [-0.1, -0.05) is 12.8 Å². The molecule has 0 aliphatic heterocycles. The maximum absolute atomic E-state index is 13.1. The van der Waals surface area contributed by atoms with Gasteiger partial charge in [0.15, 0.2) is 0 Å². The van der Waals surface area contributed by atoms with Crippen LogP contribution in [0.4, 0.5) is 18.9 Å². The molecule has 7 heteroatoms. The summed E-state index contributed by atoms with van der Waals surface area (Å²) in [5.41, 5.74) is 0.837. The zero-order valence-electron chi connectivity index (χ0n) is 12.6. The first-order chi connectivity index (χ1) is 10.7. The van der Waals surface area contributed by atoms with Crippen LogP contribution in [0.3, 0.4) is 0 Å². The van der Waals surface area contributed by atoms with Crippen LogP contribution in [0.25, 0.3) is 0 Å². The predicted octanol–water partition coefficient (Wildman–Crippen LogP) is 4.00. The molecule has 0 heterocycles. The maximum atomic E-state index is 13.1. The number of amides is 1. The quantitative estimate of drug-likeness (QED) is 0.881. The van der Waals surface area contributed by atoms with Crippen molar-refractivity contribution in [2.75, 3.05) is 5.32 Å². The first-order valence-electron chi connectivity index (χ1n) is 7.41. The molecule has 1 aromatic rings. The number of carbonyl (C=O) groups excluding carboxylic acids is 1. The summed E-state index contributed by atoms with van der Waals surface area (Å²) in [6.45, 7) is 1.57. The number of hydrogen-bond donors (Lipinski definition) is 2. The number of carboxylic acids is 1. The normalized spacial score (nSPS) is 21.7. The topological polar surface area (TPSA) is 66.4 Å². The van der Waals surface area contributed by atoms with Gasteiger partial charge in [-0.25, -0.2) is 4.79 Å². The molecule has 1 fully saturated rings. The molecular formula is C16H18F3NO3. The van der Waals surface area contributed by atoms with E-state index in [4.69, 9.17) is 5.11 Å². The smallest absolute Gasteiger partial charge is 0.392 e.